The van der Waals surface area contributed by atoms with Crippen LogP contribution in [0.1, 0.15) is 0 Å². The smallest absolute Gasteiger partial charge is 0.0814 e. The fourth-order valence-electron chi connectivity index (χ4n) is 0. The van der Waals surface area contributed by atoms with E-state index in [4.69, 9.17) is 0 Å². The fourth-order valence-corrected chi connectivity index (χ4v) is 0. The summed E-state index contributed by atoms with van der Waals surface area (Å²) in [4.78, 5) is 0. The van der Waals surface area contributed by atoms with E-state index in [2.05, 4.69) is 0 Å². The molecule has 0 bridgehead atoms. The van der Waals surface area contributed by atoms with Gasteiger partial charge in [-0.1, -0.05) is 0 Å². The Kier molecular flexibility index (Phi) is 176. The molecule has 0 saturated carbocycles. The zero-order valence-corrected chi connectivity index (χ0v) is 5.67. The monoisotopic (exact) mass is 148 g/mol. The molecule has 0 aliphatic carbocycles. The summed E-state index contributed by atoms with van der Waals surface area (Å²) in [6.45, 7) is 0. The third-order valence-corrected chi connectivity index (χ3v) is 0. The largest absolute Gasteiger partial charge is 0.169 e. The summed E-state index contributed by atoms with van der Waals surface area (Å²) < 4.78 is 0. The second-order valence-corrected chi connectivity index (χ2v) is 1.22. The van der Waals surface area contributed by atoms with E-state index < -0.39 is 0 Å². The van der Waals surface area contributed by atoms with Crippen LogP contribution in [0.15, 0.2) is 0 Å². The van der Waals surface area contributed by atoms with Crippen molar-refractivity contribution in [2.24, 2.45) is 0 Å². The Balaban J connectivity index is -0.00000000667. The SMILES string of the molecule is B.CSC.Cl.Cl. The molecule has 0 spiro atoms. The number of hydrogen-bond donors (Lipinski definition) is 0. The van der Waals surface area contributed by atoms with Crippen LogP contribution in [-0.2, 0) is 0 Å². The van der Waals surface area contributed by atoms with E-state index in [1.165, 1.54) is 0 Å². The molecule has 0 fully saturated rings. The highest BCUT2D eigenvalue weighted by Gasteiger charge is 1.32. The van der Waals surface area contributed by atoms with Gasteiger partial charge in [0.05, 0.1) is 8.41 Å². The maximum atomic E-state index is 2.04. The number of hydrogen-bond acceptors (Lipinski definition) is 1. The van der Waals surface area contributed by atoms with Crippen molar-refractivity contribution in [2.75, 3.05) is 12.5 Å². The molecule has 4 heteroatoms. The van der Waals surface area contributed by atoms with Crippen LogP contribution in [0.2, 0.25) is 0 Å². The topological polar surface area (TPSA) is 0 Å². The molecule has 0 aromatic rings. The lowest BCUT2D eigenvalue weighted by molar-refractivity contribution is 2.37. The summed E-state index contributed by atoms with van der Waals surface area (Å²) in [6, 6.07) is 0. The van der Waals surface area contributed by atoms with Crippen LogP contribution < -0.4 is 0 Å². The van der Waals surface area contributed by atoms with E-state index in [0.29, 0.717) is 0 Å². The van der Waals surface area contributed by atoms with Gasteiger partial charge >= 0.3 is 0 Å². The summed E-state index contributed by atoms with van der Waals surface area (Å²) in [5.41, 5.74) is 0. The zero-order valence-electron chi connectivity index (χ0n) is 3.22. The van der Waals surface area contributed by atoms with E-state index in [-0.39, 0.29) is 33.2 Å². The molecule has 42 valence electrons. The van der Waals surface area contributed by atoms with Crippen molar-refractivity contribution in [1.29, 1.82) is 0 Å². The van der Waals surface area contributed by atoms with Crippen LogP contribution in [0.5, 0.6) is 0 Å². The number of thioether (sulfide) groups is 1. The van der Waals surface area contributed by atoms with E-state index in [0.717, 1.165) is 0 Å². The molecule has 6 heavy (non-hydrogen) atoms. The van der Waals surface area contributed by atoms with Gasteiger partial charge in [0.15, 0.2) is 0 Å². The van der Waals surface area contributed by atoms with Crippen molar-refractivity contribution in [3.63, 3.8) is 0 Å². The molecule has 0 saturated heterocycles. The van der Waals surface area contributed by atoms with Gasteiger partial charge in [-0.15, -0.1) is 24.8 Å². The van der Waals surface area contributed by atoms with Gasteiger partial charge in [-0.3, -0.25) is 0 Å². The lowest BCUT2D eigenvalue weighted by Gasteiger charge is -1.51. The predicted octanol–water partition coefficient (Wildman–Crippen LogP) is 0.639. The van der Waals surface area contributed by atoms with Crippen LogP contribution >= 0.6 is 36.6 Å². The second kappa shape index (κ2) is 37.6. The van der Waals surface area contributed by atoms with Crippen molar-refractivity contribution >= 4 is 45.0 Å². The van der Waals surface area contributed by atoms with Crippen molar-refractivity contribution < 1.29 is 0 Å². The van der Waals surface area contributed by atoms with Crippen molar-refractivity contribution in [1.82, 2.24) is 0 Å². The molecule has 0 N–H and O–H groups in total. The molecule has 0 unspecified atom stereocenters. The van der Waals surface area contributed by atoms with E-state index in [1.54, 1.807) is 11.8 Å². The van der Waals surface area contributed by atoms with Crippen LogP contribution in [0.4, 0.5) is 0 Å². The van der Waals surface area contributed by atoms with Gasteiger partial charge in [-0.2, -0.15) is 11.8 Å². The molecule has 0 aromatic carbocycles. The summed E-state index contributed by atoms with van der Waals surface area (Å²) in [6.07, 6.45) is 4.08. The highest BCUT2D eigenvalue weighted by atomic mass is 35.5. The van der Waals surface area contributed by atoms with Crippen molar-refractivity contribution in [3.05, 3.63) is 0 Å². The number of rotatable bonds is 0. The normalized spacial score (nSPS) is 3.00. The molecule has 0 aromatic heterocycles. The molecule has 0 heterocycles. The molecule has 0 atom stereocenters. The predicted molar refractivity (Wildman–Crippen MR) is 43.9 cm³/mol. The van der Waals surface area contributed by atoms with Crippen molar-refractivity contribution in [3.8, 4) is 0 Å². The summed E-state index contributed by atoms with van der Waals surface area (Å²) in [7, 11) is 0. The molecule has 0 amide bonds. The second-order valence-electron chi connectivity index (χ2n) is 0.408. The van der Waals surface area contributed by atoms with Crippen LogP contribution in [0.3, 0.4) is 0 Å². The molecule has 0 nitrogen and oxygen atoms in total. The van der Waals surface area contributed by atoms with Crippen LogP contribution in [0, 0.1) is 0 Å². The highest BCUT2D eigenvalue weighted by Crippen LogP contribution is 1.70. The maximum absolute atomic E-state index is 2.04. The first-order valence-corrected chi connectivity index (χ1v) is 2.45. The van der Waals surface area contributed by atoms with Crippen LogP contribution in [0.25, 0.3) is 0 Å². The summed E-state index contributed by atoms with van der Waals surface area (Å²) in [5.74, 6) is 0. The van der Waals surface area contributed by atoms with Gasteiger partial charge in [0, 0.05) is 0 Å². The van der Waals surface area contributed by atoms with Crippen molar-refractivity contribution in [2.45, 2.75) is 0 Å². The molecule has 0 rings (SSSR count). The van der Waals surface area contributed by atoms with Gasteiger partial charge in [-0.05, 0) is 12.5 Å². The highest BCUT2D eigenvalue weighted by molar-refractivity contribution is 7.97. The zero-order chi connectivity index (χ0) is 2.71. The van der Waals surface area contributed by atoms with E-state index in [9.17, 15) is 0 Å². The van der Waals surface area contributed by atoms with Gasteiger partial charge in [0.1, 0.15) is 0 Å². The fraction of sp³-hybridized carbons (Fsp3) is 1.00. The molecule has 0 aliphatic heterocycles. The first-order valence-electron chi connectivity index (χ1n) is 0.816. The van der Waals surface area contributed by atoms with E-state index in [1.807, 2.05) is 12.5 Å². The summed E-state index contributed by atoms with van der Waals surface area (Å²) >= 11 is 1.75. The molecular formula is C2H11BCl2S. The lowest BCUT2D eigenvalue weighted by Crippen LogP contribution is -1.25. The standard InChI is InChI=1S/C2H6S.BH3.2ClH/c1-3-2;;;/h1-2H3;1H3;2*1H. The lowest BCUT2D eigenvalue weighted by atomic mass is 10.8. The average Bonchev–Trinajstić information content (AvgIpc) is 0.918. The van der Waals surface area contributed by atoms with Gasteiger partial charge in [-0.25, -0.2) is 0 Å². The van der Waals surface area contributed by atoms with Gasteiger partial charge in [0.2, 0.25) is 0 Å². The summed E-state index contributed by atoms with van der Waals surface area (Å²) in [5, 5.41) is 0. The first kappa shape index (κ1) is 28.0. The maximum Gasteiger partial charge on any atom is 0.0814 e. The Hall–Kier alpha value is 0.995. The Labute approximate surface area is 57.9 Å². The van der Waals surface area contributed by atoms with E-state index >= 15 is 0 Å². The Bertz CT molecular complexity index is 11.5. The van der Waals surface area contributed by atoms with Gasteiger partial charge < -0.3 is 0 Å². The Morgan fingerprint density at radius 2 is 1.00 bits per heavy atom. The molecular weight excluding hydrogens is 138 g/mol. The quantitative estimate of drug-likeness (QED) is 0.455. The van der Waals surface area contributed by atoms with Gasteiger partial charge in [0.25, 0.3) is 0 Å². The minimum absolute atomic E-state index is 0. The first-order chi connectivity index (χ1) is 1.41. The Morgan fingerprint density at radius 1 is 1.00 bits per heavy atom. The third-order valence-electron chi connectivity index (χ3n) is 0. The molecule has 0 aliphatic rings. The van der Waals surface area contributed by atoms with Crippen LogP contribution in [-0.4, -0.2) is 20.9 Å². The minimum Gasteiger partial charge on any atom is -0.169 e. The number of halogens is 2. The minimum atomic E-state index is 0. The third kappa shape index (κ3) is 80.5. The molecule has 0 radical (unpaired) electrons. The Morgan fingerprint density at radius 3 is 1.00 bits per heavy atom. The average molecular weight is 149 g/mol.